The molecule has 2 unspecified atom stereocenters. The highest BCUT2D eigenvalue weighted by Gasteiger charge is 2.24. The van der Waals surface area contributed by atoms with E-state index in [1.54, 1.807) is 7.11 Å². The fourth-order valence-corrected chi connectivity index (χ4v) is 3.19. The maximum Gasteiger partial charge on any atom is 0.0503 e. The zero-order valence-corrected chi connectivity index (χ0v) is 13.9. The number of likely N-dealkylation sites (N-methyl/N-ethyl adjacent to an activating group) is 1. The van der Waals surface area contributed by atoms with Crippen molar-refractivity contribution < 1.29 is 4.74 Å². The Balaban J connectivity index is 1.94. The first kappa shape index (κ1) is 16.5. The van der Waals surface area contributed by atoms with E-state index in [2.05, 4.69) is 55.4 Å². The molecule has 3 nitrogen and oxygen atoms in total. The number of hydrogen-bond donors (Lipinski definition) is 1. The maximum atomic E-state index is 5.28. The summed E-state index contributed by atoms with van der Waals surface area (Å²) in [7, 11) is 3.86. The SMILES string of the molecule is CNC(CN1CCC(COC)C1)c1ccc(C(C)C)cc1. The normalized spacial score (nSPS) is 21.1. The largest absolute Gasteiger partial charge is 0.384 e. The molecule has 1 saturated heterocycles. The summed E-state index contributed by atoms with van der Waals surface area (Å²) < 4.78 is 5.28. The van der Waals surface area contributed by atoms with E-state index in [1.807, 2.05) is 0 Å². The van der Waals surface area contributed by atoms with Gasteiger partial charge in [0.05, 0.1) is 6.61 Å². The summed E-state index contributed by atoms with van der Waals surface area (Å²) in [5, 5.41) is 3.47. The van der Waals surface area contributed by atoms with Gasteiger partial charge in [-0.2, -0.15) is 0 Å². The Morgan fingerprint density at radius 2 is 1.90 bits per heavy atom. The highest BCUT2D eigenvalue weighted by molar-refractivity contribution is 5.27. The van der Waals surface area contributed by atoms with Crippen molar-refractivity contribution in [3.63, 3.8) is 0 Å². The third-order valence-electron chi connectivity index (χ3n) is 4.57. The lowest BCUT2D eigenvalue weighted by Crippen LogP contribution is -2.32. The average Bonchev–Trinajstić information content (AvgIpc) is 2.92. The van der Waals surface area contributed by atoms with Crippen LogP contribution in [0.3, 0.4) is 0 Å². The predicted octanol–water partition coefficient (Wildman–Crippen LogP) is 3.04. The second kappa shape index (κ2) is 7.92. The molecule has 0 saturated carbocycles. The van der Waals surface area contributed by atoms with Gasteiger partial charge in [0.15, 0.2) is 0 Å². The Morgan fingerprint density at radius 1 is 1.24 bits per heavy atom. The molecule has 1 aromatic carbocycles. The Bertz CT molecular complexity index is 416. The standard InChI is InChI=1S/C18H30N2O/c1-14(2)16-5-7-17(8-6-16)18(19-3)12-20-10-9-15(11-20)13-21-4/h5-8,14-15,18-19H,9-13H2,1-4H3. The molecule has 1 heterocycles. The molecule has 2 rings (SSSR count). The van der Waals surface area contributed by atoms with Crippen molar-refractivity contribution >= 4 is 0 Å². The minimum absolute atomic E-state index is 0.410. The number of likely N-dealkylation sites (tertiary alicyclic amines) is 1. The third kappa shape index (κ3) is 4.53. The van der Waals surface area contributed by atoms with Crippen LogP contribution in [0.1, 0.15) is 43.4 Å². The van der Waals surface area contributed by atoms with Crippen molar-refractivity contribution in [2.75, 3.05) is 40.4 Å². The van der Waals surface area contributed by atoms with E-state index in [-0.39, 0.29) is 0 Å². The van der Waals surface area contributed by atoms with E-state index in [0.29, 0.717) is 17.9 Å². The zero-order valence-electron chi connectivity index (χ0n) is 13.9. The lowest BCUT2D eigenvalue weighted by molar-refractivity contribution is 0.152. The van der Waals surface area contributed by atoms with Crippen LogP contribution in [0.5, 0.6) is 0 Å². The molecule has 3 heteroatoms. The van der Waals surface area contributed by atoms with Crippen LogP contribution in [-0.2, 0) is 4.74 Å². The van der Waals surface area contributed by atoms with Crippen LogP contribution in [0, 0.1) is 5.92 Å². The quantitative estimate of drug-likeness (QED) is 0.835. The van der Waals surface area contributed by atoms with Crippen LogP contribution in [0.15, 0.2) is 24.3 Å². The number of ether oxygens (including phenoxy) is 1. The summed E-state index contributed by atoms with van der Waals surface area (Å²) in [5.74, 6) is 1.30. The van der Waals surface area contributed by atoms with Crippen molar-refractivity contribution in [1.29, 1.82) is 0 Å². The van der Waals surface area contributed by atoms with Gasteiger partial charge in [0.1, 0.15) is 0 Å². The highest BCUT2D eigenvalue weighted by Crippen LogP contribution is 2.22. The van der Waals surface area contributed by atoms with Crippen LogP contribution in [-0.4, -0.2) is 45.3 Å². The fraction of sp³-hybridized carbons (Fsp3) is 0.667. The first-order valence-electron chi connectivity index (χ1n) is 8.12. The minimum Gasteiger partial charge on any atom is -0.384 e. The Morgan fingerprint density at radius 3 is 2.48 bits per heavy atom. The van der Waals surface area contributed by atoms with Gasteiger partial charge in [-0.05, 0) is 43.0 Å². The summed E-state index contributed by atoms with van der Waals surface area (Å²) in [4.78, 5) is 2.56. The van der Waals surface area contributed by atoms with Gasteiger partial charge in [-0.1, -0.05) is 38.1 Å². The molecule has 1 aromatic rings. The molecular formula is C18H30N2O. The van der Waals surface area contributed by atoms with Crippen molar-refractivity contribution in [1.82, 2.24) is 10.2 Å². The third-order valence-corrected chi connectivity index (χ3v) is 4.57. The summed E-state index contributed by atoms with van der Waals surface area (Å²) in [5.41, 5.74) is 2.80. The smallest absolute Gasteiger partial charge is 0.0503 e. The lowest BCUT2D eigenvalue weighted by atomic mass is 9.99. The van der Waals surface area contributed by atoms with Crippen molar-refractivity contribution in [3.05, 3.63) is 35.4 Å². The van der Waals surface area contributed by atoms with Gasteiger partial charge in [0.25, 0.3) is 0 Å². The molecule has 0 bridgehead atoms. The van der Waals surface area contributed by atoms with Crippen molar-refractivity contribution in [2.24, 2.45) is 5.92 Å². The zero-order chi connectivity index (χ0) is 15.2. The van der Waals surface area contributed by atoms with E-state index in [9.17, 15) is 0 Å². The van der Waals surface area contributed by atoms with Crippen LogP contribution in [0.4, 0.5) is 0 Å². The molecule has 0 radical (unpaired) electrons. The van der Waals surface area contributed by atoms with Gasteiger partial charge >= 0.3 is 0 Å². The van der Waals surface area contributed by atoms with Crippen molar-refractivity contribution in [2.45, 2.75) is 32.2 Å². The molecule has 1 aliphatic rings. The van der Waals surface area contributed by atoms with Gasteiger partial charge in [-0.3, -0.25) is 0 Å². The second-order valence-corrected chi connectivity index (χ2v) is 6.53. The topological polar surface area (TPSA) is 24.5 Å². The molecule has 2 atom stereocenters. The maximum absolute atomic E-state index is 5.28. The number of methoxy groups -OCH3 is 1. The molecule has 0 aliphatic carbocycles. The number of nitrogens with one attached hydrogen (secondary N) is 1. The average molecular weight is 290 g/mol. The number of benzene rings is 1. The second-order valence-electron chi connectivity index (χ2n) is 6.53. The molecule has 21 heavy (non-hydrogen) atoms. The molecule has 0 spiro atoms. The predicted molar refractivity (Wildman–Crippen MR) is 88.8 cm³/mol. The van der Waals surface area contributed by atoms with E-state index in [1.165, 1.54) is 24.1 Å². The Labute approximate surface area is 129 Å². The molecule has 1 N–H and O–H groups in total. The van der Waals surface area contributed by atoms with Gasteiger partial charge in [-0.15, -0.1) is 0 Å². The first-order chi connectivity index (χ1) is 10.1. The molecule has 1 aliphatic heterocycles. The van der Waals surface area contributed by atoms with E-state index in [0.717, 1.165) is 19.7 Å². The van der Waals surface area contributed by atoms with Gasteiger partial charge < -0.3 is 15.0 Å². The summed E-state index contributed by atoms with van der Waals surface area (Å²) >= 11 is 0. The molecule has 118 valence electrons. The summed E-state index contributed by atoms with van der Waals surface area (Å²) in [6.45, 7) is 8.81. The Kier molecular flexibility index (Phi) is 6.22. The number of rotatable bonds is 7. The Hall–Kier alpha value is -0.900. The molecular weight excluding hydrogens is 260 g/mol. The van der Waals surface area contributed by atoms with E-state index >= 15 is 0 Å². The van der Waals surface area contributed by atoms with Crippen LogP contribution >= 0.6 is 0 Å². The van der Waals surface area contributed by atoms with Crippen LogP contribution in [0.25, 0.3) is 0 Å². The van der Waals surface area contributed by atoms with Crippen LogP contribution in [0.2, 0.25) is 0 Å². The highest BCUT2D eigenvalue weighted by atomic mass is 16.5. The summed E-state index contributed by atoms with van der Waals surface area (Å²) in [6, 6.07) is 9.50. The van der Waals surface area contributed by atoms with E-state index < -0.39 is 0 Å². The van der Waals surface area contributed by atoms with Gasteiger partial charge in [0, 0.05) is 26.2 Å². The van der Waals surface area contributed by atoms with Crippen molar-refractivity contribution in [3.8, 4) is 0 Å². The first-order valence-corrected chi connectivity index (χ1v) is 8.12. The minimum atomic E-state index is 0.410. The van der Waals surface area contributed by atoms with E-state index in [4.69, 9.17) is 4.74 Å². The van der Waals surface area contributed by atoms with Gasteiger partial charge in [0.2, 0.25) is 0 Å². The fourth-order valence-electron chi connectivity index (χ4n) is 3.19. The molecule has 1 fully saturated rings. The lowest BCUT2D eigenvalue weighted by Gasteiger charge is -2.24. The number of hydrogen-bond acceptors (Lipinski definition) is 3. The monoisotopic (exact) mass is 290 g/mol. The molecule has 0 aromatic heterocycles. The van der Waals surface area contributed by atoms with Crippen LogP contribution < -0.4 is 5.32 Å². The molecule has 0 amide bonds. The van der Waals surface area contributed by atoms with Gasteiger partial charge in [-0.25, -0.2) is 0 Å². The number of nitrogens with zero attached hydrogens (tertiary/aromatic N) is 1. The summed E-state index contributed by atoms with van der Waals surface area (Å²) in [6.07, 6.45) is 1.26.